The zero-order chi connectivity index (χ0) is 13.7. The van der Waals surface area contributed by atoms with Gasteiger partial charge in [0.15, 0.2) is 0 Å². The van der Waals surface area contributed by atoms with Crippen LogP contribution in [0.1, 0.15) is 11.1 Å². The van der Waals surface area contributed by atoms with Crippen LogP contribution in [0.4, 0.5) is 0 Å². The summed E-state index contributed by atoms with van der Waals surface area (Å²) in [4.78, 5) is 11.9. The number of carbonyl (C=O) groups is 1. The normalized spacial score (nSPS) is 9.95. The predicted molar refractivity (Wildman–Crippen MR) is 76.7 cm³/mol. The molecule has 2 nitrogen and oxygen atoms in total. The maximum Gasteiger partial charge on any atom is 0.338 e. The first-order valence-electron chi connectivity index (χ1n) is 5.83. The number of benzene rings is 2. The Morgan fingerprint density at radius 3 is 2.37 bits per heavy atom. The molecule has 0 radical (unpaired) electrons. The SMILES string of the molecule is C=C(C(=O)OCc1ccccc1)c1ccccc1Cl. The van der Waals surface area contributed by atoms with Crippen LogP contribution in [0, 0.1) is 0 Å². The first-order valence-corrected chi connectivity index (χ1v) is 6.21. The fourth-order valence-corrected chi connectivity index (χ4v) is 1.88. The van der Waals surface area contributed by atoms with Crippen LogP contribution in [0.3, 0.4) is 0 Å². The fourth-order valence-electron chi connectivity index (χ4n) is 1.63. The summed E-state index contributed by atoms with van der Waals surface area (Å²) in [5.41, 5.74) is 1.80. The zero-order valence-electron chi connectivity index (χ0n) is 10.3. The first kappa shape index (κ1) is 13.4. The molecule has 0 aliphatic heterocycles. The Labute approximate surface area is 117 Å². The average molecular weight is 273 g/mol. The van der Waals surface area contributed by atoms with E-state index in [2.05, 4.69) is 6.58 Å². The number of ether oxygens (including phenoxy) is 1. The molecule has 19 heavy (non-hydrogen) atoms. The Morgan fingerprint density at radius 1 is 1.05 bits per heavy atom. The van der Waals surface area contributed by atoms with E-state index >= 15 is 0 Å². The van der Waals surface area contributed by atoms with Gasteiger partial charge in [-0.2, -0.15) is 0 Å². The largest absolute Gasteiger partial charge is 0.457 e. The Morgan fingerprint density at radius 2 is 1.68 bits per heavy atom. The van der Waals surface area contributed by atoms with E-state index in [9.17, 15) is 4.79 Å². The first-order chi connectivity index (χ1) is 9.18. The van der Waals surface area contributed by atoms with E-state index < -0.39 is 5.97 Å². The van der Waals surface area contributed by atoms with Gasteiger partial charge in [0.25, 0.3) is 0 Å². The van der Waals surface area contributed by atoms with Crippen LogP contribution in [0.2, 0.25) is 5.02 Å². The number of esters is 1. The highest BCUT2D eigenvalue weighted by Crippen LogP contribution is 2.23. The van der Waals surface area contributed by atoms with Gasteiger partial charge in [-0.1, -0.05) is 66.7 Å². The molecule has 0 amide bonds. The molecule has 0 fully saturated rings. The molecule has 0 bridgehead atoms. The van der Waals surface area contributed by atoms with Gasteiger partial charge in [0, 0.05) is 10.6 Å². The molecular formula is C16H13ClO2. The molecule has 0 aromatic heterocycles. The van der Waals surface area contributed by atoms with Crippen molar-refractivity contribution in [2.45, 2.75) is 6.61 Å². The molecule has 2 aromatic rings. The average Bonchev–Trinajstić information content (AvgIpc) is 2.45. The van der Waals surface area contributed by atoms with E-state index in [4.69, 9.17) is 16.3 Å². The third kappa shape index (κ3) is 3.46. The van der Waals surface area contributed by atoms with E-state index in [1.807, 2.05) is 30.3 Å². The molecule has 0 unspecified atom stereocenters. The fraction of sp³-hybridized carbons (Fsp3) is 0.0625. The van der Waals surface area contributed by atoms with Crippen LogP contribution in [-0.2, 0) is 16.1 Å². The van der Waals surface area contributed by atoms with Gasteiger partial charge in [0.2, 0.25) is 0 Å². The topological polar surface area (TPSA) is 26.3 Å². The van der Waals surface area contributed by atoms with Crippen molar-refractivity contribution in [2.75, 3.05) is 0 Å². The van der Waals surface area contributed by atoms with Gasteiger partial charge in [-0.3, -0.25) is 0 Å². The molecule has 3 heteroatoms. The lowest BCUT2D eigenvalue weighted by Gasteiger charge is -2.08. The molecule has 2 rings (SSSR count). The van der Waals surface area contributed by atoms with Crippen molar-refractivity contribution in [2.24, 2.45) is 0 Å². The third-order valence-corrected chi connectivity index (χ3v) is 2.99. The highest BCUT2D eigenvalue weighted by molar-refractivity contribution is 6.34. The summed E-state index contributed by atoms with van der Waals surface area (Å²) in [5.74, 6) is -0.461. The number of hydrogen-bond acceptors (Lipinski definition) is 2. The Hall–Kier alpha value is -2.06. The van der Waals surface area contributed by atoms with E-state index in [0.717, 1.165) is 5.56 Å². The van der Waals surface area contributed by atoms with Crippen LogP contribution in [0.25, 0.3) is 5.57 Å². The van der Waals surface area contributed by atoms with Gasteiger partial charge in [0.1, 0.15) is 6.61 Å². The summed E-state index contributed by atoms with van der Waals surface area (Å²) in [7, 11) is 0. The van der Waals surface area contributed by atoms with Gasteiger partial charge < -0.3 is 4.74 Å². The maximum absolute atomic E-state index is 11.9. The highest BCUT2D eigenvalue weighted by Gasteiger charge is 2.13. The lowest BCUT2D eigenvalue weighted by atomic mass is 10.1. The van der Waals surface area contributed by atoms with Crippen LogP contribution >= 0.6 is 11.6 Å². The molecule has 0 heterocycles. The second-order valence-electron chi connectivity index (χ2n) is 4.02. The van der Waals surface area contributed by atoms with Crippen LogP contribution in [0.15, 0.2) is 61.2 Å². The van der Waals surface area contributed by atoms with Crippen LogP contribution in [-0.4, -0.2) is 5.97 Å². The summed E-state index contributed by atoms with van der Waals surface area (Å²) < 4.78 is 5.20. The molecule has 0 saturated carbocycles. The van der Waals surface area contributed by atoms with Gasteiger partial charge in [-0.05, 0) is 11.6 Å². The van der Waals surface area contributed by atoms with Crippen LogP contribution in [0.5, 0.6) is 0 Å². The summed E-state index contributed by atoms with van der Waals surface area (Å²) >= 11 is 6.01. The van der Waals surface area contributed by atoms with E-state index in [0.29, 0.717) is 10.6 Å². The minimum Gasteiger partial charge on any atom is -0.457 e. The maximum atomic E-state index is 11.9. The summed E-state index contributed by atoms with van der Waals surface area (Å²) in [5, 5.41) is 0.490. The van der Waals surface area contributed by atoms with Crippen molar-refractivity contribution in [3.05, 3.63) is 77.3 Å². The van der Waals surface area contributed by atoms with Crippen molar-refractivity contribution < 1.29 is 9.53 Å². The van der Waals surface area contributed by atoms with E-state index in [1.54, 1.807) is 24.3 Å². The number of hydrogen-bond donors (Lipinski definition) is 0. The Balaban J connectivity index is 2.01. The Bertz CT molecular complexity index is 591. The van der Waals surface area contributed by atoms with Crippen LogP contribution < -0.4 is 0 Å². The second-order valence-corrected chi connectivity index (χ2v) is 4.43. The van der Waals surface area contributed by atoms with Crippen molar-refractivity contribution in [1.29, 1.82) is 0 Å². The lowest BCUT2D eigenvalue weighted by Crippen LogP contribution is -2.06. The van der Waals surface area contributed by atoms with Gasteiger partial charge in [-0.25, -0.2) is 4.79 Å². The third-order valence-electron chi connectivity index (χ3n) is 2.66. The second kappa shape index (κ2) is 6.21. The molecule has 2 aromatic carbocycles. The summed E-state index contributed by atoms with van der Waals surface area (Å²) in [6.45, 7) is 3.96. The monoisotopic (exact) mass is 272 g/mol. The summed E-state index contributed by atoms with van der Waals surface area (Å²) in [6, 6.07) is 16.6. The number of rotatable bonds is 4. The van der Waals surface area contributed by atoms with E-state index in [1.165, 1.54) is 0 Å². The van der Waals surface area contributed by atoms with Crippen molar-refractivity contribution >= 4 is 23.1 Å². The highest BCUT2D eigenvalue weighted by atomic mass is 35.5. The van der Waals surface area contributed by atoms with E-state index in [-0.39, 0.29) is 12.2 Å². The lowest BCUT2D eigenvalue weighted by molar-refractivity contribution is -0.137. The minimum absolute atomic E-state index is 0.225. The molecule has 0 N–H and O–H groups in total. The quantitative estimate of drug-likeness (QED) is 0.619. The molecule has 0 spiro atoms. The number of carbonyl (C=O) groups excluding carboxylic acids is 1. The minimum atomic E-state index is -0.461. The standard InChI is InChI=1S/C16H13ClO2/c1-12(14-9-5-6-10-15(14)17)16(18)19-11-13-7-3-2-4-8-13/h2-10H,1,11H2. The van der Waals surface area contributed by atoms with Crippen molar-refractivity contribution in [3.8, 4) is 0 Å². The molecule has 0 atom stereocenters. The molecular weight excluding hydrogens is 260 g/mol. The molecule has 0 aliphatic carbocycles. The Kier molecular flexibility index (Phi) is 4.37. The van der Waals surface area contributed by atoms with Gasteiger partial charge in [-0.15, -0.1) is 0 Å². The van der Waals surface area contributed by atoms with Gasteiger partial charge >= 0.3 is 5.97 Å². The number of halogens is 1. The summed E-state index contributed by atoms with van der Waals surface area (Å²) in [6.07, 6.45) is 0. The molecule has 96 valence electrons. The van der Waals surface area contributed by atoms with Gasteiger partial charge in [0.05, 0.1) is 5.57 Å². The smallest absolute Gasteiger partial charge is 0.338 e. The van der Waals surface area contributed by atoms with Crippen molar-refractivity contribution in [1.82, 2.24) is 0 Å². The molecule has 0 saturated heterocycles. The zero-order valence-corrected chi connectivity index (χ0v) is 11.1. The van der Waals surface area contributed by atoms with Crippen molar-refractivity contribution in [3.63, 3.8) is 0 Å². The predicted octanol–water partition coefficient (Wildman–Crippen LogP) is 4.10. The molecule has 0 aliphatic rings.